The largest absolute Gasteiger partial charge is 0.361 e. The molecular weight excluding hydrogens is 254 g/mol. The van der Waals surface area contributed by atoms with Crippen LogP contribution >= 0.6 is 12.4 Å². The van der Waals surface area contributed by atoms with E-state index in [0.29, 0.717) is 6.54 Å². The molecule has 1 aliphatic rings. The Morgan fingerprint density at radius 3 is 2.94 bits per heavy atom. The van der Waals surface area contributed by atoms with Gasteiger partial charge in [-0.05, 0) is 26.3 Å². The van der Waals surface area contributed by atoms with Gasteiger partial charge in [-0.1, -0.05) is 11.6 Å². The minimum Gasteiger partial charge on any atom is -0.361 e. The van der Waals surface area contributed by atoms with E-state index in [4.69, 9.17) is 4.52 Å². The highest BCUT2D eigenvalue weighted by atomic mass is 35.5. The molecule has 0 aromatic carbocycles. The lowest BCUT2D eigenvalue weighted by atomic mass is 10.0. The van der Waals surface area contributed by atoms with Gasteiger partial charge in [-0.3, -0.25) is 4.79 Å². The Morgan fingerprint density at radius 2 is 2.39 bits per heavy atom. The van der Waals surface area contributed by atoms with Crippen LogP contribution in [0.4, 0.5) is 0 Å². The predicted octanol–water partition coefficient (Wildman–Crippen LogP) is 1.51. The SMILES string of the molecule is Cc1cc(CN(C)C(=O)C2CCCCN2)no1.Cl. The predicted molar refractivity (Wildman–Crippen MR) is 70.6 cm³/mol. The van der Waals surface area contributed by atoms with E-state index >= 15 is 0 Å². The summed E-state index contributed by atoms with van der Waals surface area (Å²) in [7, 11) is 1.81. The first-order valence-corrected chi connectivity index (χ1v) is 6.07. The molecular formula is C12H20ClN3O2. The topological polar surface area (TPSA) is 58.4 Å². The van der Waals surface area contributed by atoms with Gasteiger partial charge in [0.25, 0.3) is 0 Å². The minimum atomic E-state index is -0.0262. The molecule has 1 amide bonds. The number of nitrogens with zero attached hydrogens (tertiary/aromatic N) is 2. The summed E-state index contributed by atoms with van der Waals surface area (Å²) in [5, 5.41) is 7.15. The number of hydrogen-bond acceptors (Lipinski definition) is 4. The average Bonchev–Trinajstić information content (AvgIpc) is 2.75. The summed E-state index contributed by atoms with van der Waals surface area (Å²) in [6, 6.07) is 1.83. The highest BCUT2D eigenvalue weighted by Gasteiger charge is 2.23. The van der Waals surface area contributed by atoms with Gasteiger partial charge in [-0.25, -0.2) is 0 Å². The first kappa shape index (κ1) is 15.0. The van der Waals surface area contributed by atoms with Crippen molar-refractivity contribution in [2.75, 3.05) is 13.6 Å². The monoisotopic (exact) mass is 273 g/mol. The molecule has 0 saturated carbocycles. The standard InChI is InChI=1S/C12H19N3O2.ClH/c1-9-7-10(14-17-9)8-15(2)12(16)11-5-3-4-6-13-11;/h7,11,13H,3-6,8H2,1-2H3;1H. The summed E-state index contributed by atoms with van der Waals surface area (Å²) >= 11 is 0. The number of carbonyl (C=O) groups is 1. The van der Waals surface area contributed by atoms with Crippen molar-refractivity contribution in [2.45, 2.75) is 38.8 Å². The third-order valence-corrected chi connectivity index (χ3v) is 3.06. The van der Waals surface area contributed by atoms with Crippen molar-refractivity contribution in [3.63, 3.8) is 0 Å². The maximum atomic E-state index is 12.1. The maximum absolute atomic E-state index is 12.1. The van der Waals surface area contributed by atoms with Gasteiger partial charge in [0, 0.05) is 13.1 Å². The van der Waals surface area contributed by atoms with Crippen LogP contribution in [0.2, 0.25) is 0 Å². The molecule has 102 valence electrons. The molecule has 6 heteroatoms. The van der Waals surface area contributed by atoms with E-state index in [9.17, 15) is 4.79 Å². The Balaban J connectivity index is 0.00000162. The lowest BCUT2D eigenvalue weighted by Gasteiger charge is -2.26. The van der Waals surface area contributed by atoms with Crippen LogP contribution in [0.15, 0.2) is 10.6 Å². The van der Waals surface area contributed by atoms with Gasteiger partial charge in [-0.15, -0.1) is 12.4 Å². The number of hydrogen-bond donors (Lipinski definition) is 1. The van der Waals surface area contributed by atoms with E-state index in [1.165, 1.54) is 0 Å². The highest BCUT2D eigenvalue weighted by Crippen LogP contribution is 2.11. The van der Waals surface area contributed by atoms with Crippen molar-refractivity contribution < 1.29 is 9.32 Å². The van der Waals surface area contributed by atoms with E-state index in [2.05, 4.69) is 10.5 Å². The number of aryl methyl sites for hydroxylation is 1. The van der Waals surface area contributed by atoms with Crippen LogP contribution in [-0.2, 0) is 11.3 Å². The van der Waals surface area contributed by atoms with Gasteiger partial charge in [-0.2, -0.15) is 0 Å². The summed E-state index contributed by atoms with van der Waals surface area (Å²) in [5.41, 5.74) is 0.800. The van der Waals surface area contributed by atoms with Crippen molar-refractivity contribution in [1.82, 2.24) is 15.4 Å². The number of amides is 1. The molecule has 1 aromatic heterocycles. The fraction of sp³-hybridized carbons (Fsp3) is 0.667. The molecule has 0 spiro atoms. The Labute approximate surface area is 113 Å². The second-order valence-corrected chi connectivity index (χ2v) is 4.63. The van der Waals surface area contributed by atoms with Gasteiger partial charge < -0.3 is 14.7 Å². The molecule has 1 fully saturated rings. The molecule has 18 heavy (non-hydrogen) atoms. The van der Waals surface area contributed by atoms with Gasteiger partial charge in [0.1, 0.15) is 11.5 Å². The van der Waals surface area contributed by atoms with Crippen LogP contribution in [0.3, 0.4) is 0 Å². The van der Waals surface area contributed by atoms with Crippen LogP contribution in [0.5, 0.6) is 0 Å². The Kier molecular flexibility index (Phi) is 5.62. The zero-order valence-electron chi connectivity index (χ0n) is 10.8. The van der Waals surface area contributed by atoms with E-state index in [-0.39, 0.29) is 24.4 Å². The van der Waals surface area contributed by atoms with Crippen molar-refractivity contribution in [2.24, 2.45) is 0 Å². The first-order valence-electron chi connectivity index (χ1n) is 6.07. The number of likely N-dealkylation sites (N-methyl/N-ethyl adjacent to an activating group) is 1. The van der Waals surface area contributed by atoms with Crippen LogP contribution < -0.4 is 5.32 Å². The summed E-state index contributed by atoms with van der Waals surface area (Å²) in [5.74, 6) is 0.919. The third kappa shape index (κ3) is 3.71. The van der Waals surface area contributed by atoms with Crippen LogP contribution in [0.1, 0.15) is 30.7 Å². The Bertz CT molecular complexity index is 388. The molecule has 0 aliphatic carbocycles. The Morgan fingerprint density at radius 1 is 1.61 bits per heavy atom. The fourth-order valence-corrected chi connectivity index (χ4v) is 2.14. The smallest absolute Gasteiger partial charge is 0.239 e. The van der Waals surface area contributed by atoms with Crippen molar-refractivity contribution in [3.05, 3.63) is 17.5 Å². The number of piperidine rings is 1. The molecule has 5 nitrogen and oxygen atoms in total. The summed E-state index contributed by atoms with van der Waals surface area (Å²) in [6.45, 7) is 3.29. The molecule has 1 atom stereocenters. The van der Waals surface area contributed by atoms with Crippen molar-refractivity contribution >= 4 is 18.3 Å². The lowest BCUT2D eigenvalue weighted by molar-refractivity contribution is -0.133. The normalized spacial score (nSPS) is 19.1. The summed E-state index contributed by atoms with van der Waals surface area (Å²) < 4.78 is 4.99. The Hall–Kier alpha value is -1.07. The number of halogens is 1. The van der Waals surface area contributed by atoms with Crippen LogP contribution in [-0.4, -0.2) is 35.6 Å². The second-order valence-electron chi connectivity index (χ2n) is 4.63. The van der Waals surface area contributed by atoms with Crippen molar-refractivity contribution in [3.8, 4) is 0 Å². The maximum Gasteiger partial charge on any atom is 0.239 e. The zero-order chi connectivity index (χ0) is 12.3. The molecule has 2 heterocycles. The van der Waals surface area contributed by atoms with Gasteiger partial charge >= 0.3 is 0 Å². The lowest BCUT2D eigenvalue weighted by Crippen LogP contribution is -2.47. The number of carbonyl (C=O) groups excluding carboxylic acids is 1. The molecule has 1 aliphatic heterocycles. The van der Waals surface area contributed by atoms with Crippen LogP contribution in [0.25, 0.3) is 0 Å². The van der Waals surface area contributed by atoms with Crippen LogP contribution in [0, 0.1) is 6.92 Å². The number of aromatic nitrogens is 1. The van der Waals surface area contributed by atoms with Gasteiger partial charge in [0.05, 0.1) is 12.6 Å². The van der Waals surface area contributed by atoms with Crippen molar-refractivity contribution in [1.29, 1.82) is 0 Å². The van der Waals surface area contributed by atoms with E-state index in [1.54, 1.807) is 4.90 Å². The first-order chi connectivity index (χ1) is 8.16. The third-order valence-electron chi connectivity index (χ3n) is 3.06. The minimum absolute atomic E-state index is 0. The highest BCUT2D eigenvalue weighted by molar-refractivity contribution is 5.85. The quantitative estimate of drug-likeness (QED) is 0.907. The molecule has 1 saturated heterocycles. The number of rotatable bonds is 3. The van der Waals surface area contributed by atoms with Gasteiger partial charge in [0.2, 0.25) is 5.91 Å². The molecule has 1 aromatic rings. The number of nitrogens with one attached hydrogen (secondary N) is 1. The molecule has 0 radical (unpaired) electrons. The average molecular weight is 274 g/mol. The summed E-state index contributed by atoms with van der Waals surface area (Å²) in [4.78, 5) is 13.8. The summed E-state index contributed by atoms with van der Waals surface area (Å²) in [6.07, 6.45) is 3.22. The molecule has 0 bridgehead atoms. The van der Waals surface area contributed by atoms with Gasteiger partial charge in [0.15, 0.2) is 0 Å². The second kappa shape index (κ2) is 6.75. The van der Waals surface area contributed by atoms with E-state index in [1.807, 2.05) is 20.0 Å². The fourth-order valence-electron chi connectivity index (χ4n) is 2.14. The van der Waals surface area contributed by atoms with E-state index in [0.717, 1.165) is 37.3 Å². The van der Waals surface area contributed by atoms with E-state index < -0.39 is 0 Å². The molecule has 1 unspecified atom stereocenters. The molecule has 2 rings (SSSR count). The molecule has 1 N–H and O–H groups in total. The zero-order valence-corrected chi connectivity index (χ0v) is 11.6.